The number of carbonyl (C=O) groups is 2. The van der Waals surface area contributed by atoms with E-state index in [2.05, 4.69) is 17.2 Å². The van der Waals surface area contributed by atoms with E-state index in [0.717, 1.165) is 11.4 Å². The van der Waals surface area contributed by atoms with Crippen LogP contribution in [0.4, 0.5) is 0 Å². The zero-order valence-corrected chi connectivity index (χ0v) is 12.6. The number of rotatable bonds is 5. The summed E-state index contributed by atoms with van der Waals surface area (Å²) in [6.07, 6.45) is 4.00. The maximum absolute atomic E-state index is 12.2. The van der Waals surface area contributed by atoms with Gasteiger partial charge in [-0.15, -0.1) is 11.3 Å². The molecule has 1 fully saturated rings. The van der Waals surface area contributed by atoms with Crippen LogP contribution in [0.1, 0.15) is 36.6 Å². The Balaban J connectivity index is 1.92. The fourth-order valence-electron chi connectivity index (χ4n) is 2.74. The van der Waals surface area contributed by atoms with Gasteiger partial charge in [-0.3, -0.25) is 9.59 Å². The smallest absolute Gasteiger partial charge is 0.307 e. The number of carbonyl (C=O) groups excluding carboxylic acids is 1. The summed E-state index contributed by atoms with van der Waals surface area (Å²) in [7, 11) is 0. The maximum Gasteiger partial charge on any atom is 0.307 e. The number of thiazole rings is 1. The number of carboxylic acid groups (broad SMARTS) is 1. The third kappa shape index (κ3) is 3.36. The molecule has 1 unspecified atom stereocenters. The van der Waals surface area contributed by atoms with Gasteiger partial charge in [-0.25, -0.2) is 4.98 Å². The van der Waals surface area contributed by atoms with Crippen LogP contribution in [0.15, 0.2) is 6.20 Å². The van der Waals surface area contributed by atoms with Crippen LogP contribution in [0.2, 0.25) is 0 Å². The topological polar surface area (TPSA) is 79.3 Å². The third-order valence-electron chi connectivity index (χ3n) is 3.82. The lowest BCUT2D eigenvalue weighted by Gasteiger charge is -2.14. The van der Waals surface area contributed by atoms with Crippen LogP contribution < -0.4 is 5.32 Å². The van der Waals surface area contributed by atoms with E-state index in [1.165, 1.54) is 4.88 Å². The van der Waals surface area contributed by atoms with Crippen LogP contribution in [-0.2, 0) is 22.6 Å². The standard InChI is InChI=1S/C14H20N2O3S/c1-3-9-6-15-12(20-9)7-16-13(17)10-4-8(2)5-11(10)14(18)19/h6,8,10-11H,3-5,7H2,1-2H3,(H,16,17)(H,18,19)/t8?,10-,11+/m0/s1. The van der Waals surface area contributed by atoms with Gasteiger partial charge >= 0.3 is 5.97 Å². The normalized spacial score (nSPS) is 25.6. The van der Waals surface area contributed by atoms with Gasteiger partial charge in [0.15, 0.2) is 0 Å². The average Bonchev–Trinajstić information content (AvgIpc) is 3.02. The number of aliphatic carboxylic acids is 1. The number of hydrogen-bond acceptors (Lipinski definition) is 4. The Morgan fingerprint density at radius 2 is 2.15 bits per heavy atom. The molecule has 1 aliphatic carbocycles. The van der Waals surface area contributed by atoms with Crippen molar-refractivity contribution in [1.82, 2.24) is 10.3 Å². The molecule has 0 spiro atoms. The second-order valence-corrected chi connectivity index (χ2v) is 6.62. The van der Waals surface area contributed by atoms with Crippen molar-refractivity contribution in [3.63, 3.8) is 0 Å². The third-order valence-corrected chi connectivity index (χ3v) is 4.96. The van der Waals surface area contributed by atoms with Crippen molar-refractivity contribution < 1.29 is 14.7 Å². The van der Waals surface area contributed by atoms with E-state index in [4.69, 9.17) is 0 Å². The summed E-state index contributed by atoms with van der Waals surface area (Å²) in [5.41, 5.74) is 0. The first kappa shape index (κ1) is 15.0. The maximum atomic E-state index is 12.2. The molecule has 20 heavy (non-hydrogen) atoms. The van der Waals surface area contributed by atoms with E-state index in [1.807, 2.05) is 13.1 Å². The highest BCUT2D eigenvalue weighted by Crippen LogP contribution is 2.36. The number of aromatic nitrogens is 1. The molecule has 0 radical (unpaired) electrons. The lowest BCUT2D eigenvalue weighted by atomic mass is 9.95. The Kier molecular flexibility index (Phi) is 4.75. The van der Waals surface area contributed by atoms with E-state index in [-0.39, 0.29) is 5.91 Å². The number of aryl methyl sites for hydroxylation is 1. The summed E-state index contributed by atoms with van der Waals surface area (Å²) >= 11 is 1.58. The van der Waals surface area contributed by atoms with Gasteiger partial charge in [-0.05, 0) is 25.2 Å². The molecule has 0 aliphatic heterocycles. The van der Waals surface area contributed by atoms with Crippen molar-refractivity contribution in [2.45, 2.75) is 39.7 Å². The van der Waals surface area contributed by atoms with E-state index in [1.54, 1.807) is 11.3 Å². The van der Waals surface area contributed by atoms with Gasteiger partial charge in [0.05, 0.1) is 18.4 Å². The SMILES string of the molecule is CCc1cnc(CNC(=O)[C@H]2CC(C)C[C@H]2C(=O)O)s1. The monoisotopic (exact) mass is 296 g/mol. The largest absolute Gasteiger partial charge is 0.481 e. The molecular weight excluding hydrogens is 276 g/mol. The fraction of sp³-hybridized carbons (Fsp3) is 0.643. The molecule has 5 nitrogen and oxygen atoms in total. The van der Waals surface area contributed by atoms with Gasteiger partial charge in [0, 0.05) is 11.1 Å². The van der Waals surface area contributed by atoms with Crippen molar-refractivity contribution in [2.24, 2.45) is 17.8 Å². The molecule has 1 saturated carbocycles. The first-order chi connectivity index (χ1) is 9.51. The lowest BCUT2D eigenvalue weighted by molar-refractivity contribution is -0.146. The minimum Gasteiger partial charge on any atom is -0.481 e. The molecule has 1 heterocycles. The highest BCUT2D eigenvalue weighted by Gasteiger charge is 2.41. The number of nitrogens with zero attached hydrogens (tertiary/aromatic N) is 1. The molecule has 2 rings (SSSR count). The second-order valence-electron chi connectivity index (χ2n) is 5.42. The Morgan fingerprint density at radius 1 is 1.45 bits per heavy atom. The van der Waals surface area contributed by atoms with E-state index < -0.39 is 17.8 Å². The molecule has 110 valence electrons. The summed E-state index contributed by atoms with van der Waals surface area (Å²) in [5.74, 6) is -1.69. The Morgan fingerprint density at radius 3 is 2.75 bits per heavy atom. The van der Waals surface area contributed by atoms with Crippen LogP contribution in [0, 0.1) is 17.8 Å². The van der Waals surface area contributed by atoms with Crippen LogP contribution in [0.5, 0.6) is 0 Å². The molecule has 1 aliphatic rings. The molecule has 1 aromatic rings. The van der Waals surface area contributed by atoms with Crippen molar-refractivity contribution in [3.8, 4) is 0 Å². The number of nitrogens with one attached hydrogen (secondary N) is 1. The van der Waals surface area contributed by atoms with Gasteiger partial charge in [0.1, 0.15) is 5.01 Å². The van der Waals surface area contributed by atoms with Crippen molar-refractivity contribution >= 4 is 23.2 Å². The zero-order valence-electron chi connectivity index (χ0n) is 11.8. The second kappa shape index (κ2) is 6.35. The highest BCUT2D eigenvalue weighted by molar-refractivity contribution is 7.11. The molecule has 3 atom stereocenters. The molecule has 2 N–H and O–H groups in total. The molecule has 0 bridgehead atoms. The van der Waals surface area contributed by atoms with E-state index in [0.29, 0.717) is 25.3 Å². The fourth-order valence-corrected chi connectivity index (χ4v) is 3.54. The predicted molar refractivity (Wildman–Crippen MR) is 76.4 cm³/mol. The van der Waals surface area contributed by atoms with Crippen LogP contribution in [-0.4, -0.2) is 22.0 Å². The van der Waals surface area contributed by atoms with Crippen LogP contribution >= 0.6 is 11.3 Å². The summed E-state index contributed by atoms with van der Waals surface area (Å²) in [4.78, 5) is 28.8. The van der Waals surface area contributed by atoms with Crippen molar-refractivity contribution in [1.29, 1.82) is 0 Å². The lowest BCUT2D eigenvalue weighted by Crippen LogP contribution is -2.34. The van der Waals surface area contributed by atoms with E-state index in [9.17, 15) is 14.7 Å². The molecule has 0 aromatic carbocycles. The van der Waals surface area contributed by atoms with E-state index >= 15 is 0 Å². The Bertz CT molecular complexity index is 500. The Hall–Kier alpha value is -1.43. The first-order valence-electron chi connectivity index (χ1n) is 6.95. The molecule has 1 aromatic heterocycles. The first-order valence-corrected chi connectivity index (χ1v) is 7.77. The summed E-state index contributed by atoms with van der Waals surface area (Å²) < 4.78 is 0. The zero-order chi connectivity index (χ0) is 14.7. The van der Waals surface area contributed by atoms with Gasteiger partial charge in [0.2, 0.25) is 5.91 Å². The predicted octanol–water partition coefficient (Wildman–Crippen LogP) is 2.07. The van der Waals surface area contributed by atoms with Gasteiger partial charge < -0.3 is 10.4 Å². The van der Waals surface area contributed by atoms with Crippen molar-refractivity contribution in [3.05, 3.63) is 16.1 Å². The van der Waals surface area contributed by atoms with Gasteiger partial charge in [0.25, 0.3) is 0 Å². The minimum absolute atomic E-state index is 0.157. The quantitative estimate of drug-likeness (QED) is 0.871. The summed E-state index contributed by atoms with van der Waals surface area (Å²) in [6, 6.07) is 0. The number of amides is 1. The number of carboxylic acids is 1. The Labute approximate surface area is 122 Å². The molecule has 6 heteroatoms. The molecular formula is C14H20N2O3S. The average molecular weight is 296 g/mol. The van der Waals surface area contributed by atoms with Gasteiger partial charge in [-0.2, -0.15) is 0 Å². The van der Waals surface area contributed by atoms with Crippen LogP contribution in [0.25, 0.3) is 0 Å². The molecule has 1 amide bonds. The highest BCUT2D eigenvalue weighted by atomic mass is 32.1. The summed E-state index contributed by atoms with van der Waals surface area (Å²) in [5, 5.41) is 12.9. The minimum atomic E-state index is -0.864. The van der Waals surface area contributed by atoms with Gasteiger partial charge in [-0.1, -0.05) is 13.8 Å². The number of hydrogen-bond donors (Lipinski definition) is 2. The van der Waals surface area contributed by atoms with Crippen molar-refractivity contribution in [2.75, 3.05) is 0 Å². The van der Waals surface area contributed by atoms with Crippen LogP contribution in [0.3, 0.4) is 0 Å². The molecule has 0 saturated heterocycles. The summed E-state index contributed by atoms with van der Waals surface area (Å²) in [6.45, 7) is 4.45.